The van der Waals surface area contributed by atoms with Gasteiger partial charge in [0.2, 0.25) is 11.8 Å². The van der Waals surface area contributed by atoms with Crippen LogP contribution in [-0.2, 0) is 14.3 Å². The fourth-order valence-electron chi connectivity index (χ4n) is 3.48. The standard InChI is InChI=1S/C17H28N2O3/c1-11(2)15(20)18-7-13-4-5-17(22-8-13)9-19(10-17)16(21)14-6-12(14)3/h11-14H,4-10H2,1-3H3,(H,18,20)/t12-,13+,14-/m1/s1. The molecule has 1 spiro atoms. The van der Waals surface area contributed by atoms with Crippen molar-refractivity contribution in [1.82, 2.24) is 10.2 Å². The third-order valence-corrected chi connectivity index (χ3v) is 5.42. The van der Waals surface area contributed by atoms with Gasteiger partial charge in [-0.05, 0) is 31.1 Å². The molecule has 0 aromatic heterocycles. The topological polar surface area (TPSA) is 58.6 Å². The number of ether oxygens (including phenoxy) is 1. The fourth-order valence-corrected chi connectivity index (χ4v) is 3.48. The van der Waals surface area contributed by atoms with Gasteiger partial charge in [0.25, 0.3) is 0 Å². The Morgan fingerprint density at radius 3 is 2.55 bits per heavy atom. The smallest absolute Gasteiger partial charge is 0.226 e. The van der Waals surface area contributed by atoms with Crippen molar-refractivity contribution in [2.24, 2.45) is 23.7 Å². The quantitative estimate of drug-likeness (QED) is 0.854. The Balaban J connectivity index is 1.38. The minimum Gasteiger partial charge on any atom is -0.371 e. The van der Waals surface area contributed by atoms with E-state index >= 15 is 0 Å². The highest BCUT2D eigenvalue weighted by Gasteiger charge is 2.52. The Kier molecular flexibility index (Phi) is 4.19. The molecule has 124 valence electrons. The molecule has 2 saturated heterocycles. The van der Waals surface area contributed by atoms with Crippen molar-refractivity contribution in [2.75, 3.05) is 26.2 Å². The van der Waals surface area contributed by atoms with Crippen LogP contribution in [0, 0.1) is 23.7 Å². The number of carbonyl (C=O) groups excluding carboxylic acids is 2. The second kappa shape index (κ2) is 5.84. The predicted molar refractivity (Wildman–Crippen MR) is 83.1 cm³/mol. The van der Waals surface area contributed by atoms with Gasteiger partial charge in [0.1, 0.15) is 5.60 Å². The summed E-state index contributed by atoms with van der Waals surface area (Å²) in [5, 5.41) is 2.99. The molecule has 3 atom stereocenters. The molecule has 0 radical (unpaired) electrons. The molecule has 3 rings (SSSR count). The van der Waals surface area contributed by atoms with Crippen LogP contribution in [0.4, 0.5) is 0 Å². The van der Waals surface area contributed by atoms with E-state index < -0.39 is 0 Å². The highest BCUT2D eigenvalue weighted by molar-refractivity contribution is 5.82. The van der Waals surface area contributed by atoms with E-state index in [1.54, 1.807) is 0 Å². The van der Waals surface area contributed by atoms with Gasteiger partial charge in [0, 0.05) is 18.4 Å². The predicted octanol–water partition coefficient (Wildman–Crippen LogP) is 1.42. The van der Waals surface area contributed by atoms with Gasteiger partial charge in [-0.25, -0.2) is 0 Å². The second-order valence-corrected chi connectivity index (χ2v) is 7.81. The minimum atomic E-state index is -0.0909. The molecule has 22 heavy (non-hydrogen) atoms. The monoisotopic (exact) mass is 308 g/mol. The first-order chi connectivity index (χ1) is 10.4. The molecule has 5 heteroatoms. The molecule has 0 unspecified atom stereocenters. The molecular weight excluding hydrogens is 280 g/mol. The lowest BCUT2D eigenvalue weighted by Gasteiger charge is -2.53. The number of hydrogen-bond donors (Lipinski definition) is 1. The summed E-state index contributed by atoms with van der Waals surface area (Å²) in [5.41, 5.74) is -0.0909. The van der Waals surface area contributed by atoms with Crippen LogP contribution >= 0.6 is 0 Å². The third-order valence-electron chi connectivity index (χ3n) is 5.42. The highest BCUT2D eigenvalue weighted by Crippen LogP contribution is 2.43. The summed E-state index contributed by atoms with van der Waals surface area (Å²) >= 11 is 0. The molecular formula is C17H28N2O3. The van der Waals surface area contributed by atoms with Crippen LogP contribution in [0.3, 0.4) is 0 Å². The summed E-state index contributed by atoms with van der Waals surface area (Å²) in [5.74, 6) is 1.73. The van der Waals surface area contributed by atoms with Crippen molar-refractivity contribution in [3.8, 4) is 0 Å². The number of nitrogens with zero attached hydrogens (tertiary/aromatic N) is 1. The maximum absolute atomic E-state index is 12.2. The lowest BCUT2D eigenvalue weighted by molar-refractivity contribution is -0.189. The van der Waals surface area contributed by atoms with Gasteiger partial charge in [-0.2, -0.15) is 0 Å². The average Bonchev–Trinajstić information content (AvgIpc) is 3.19. The Hall–Kier alpha value is -1.10. The Labute approximate surface area is 132 Å². The van der Waals surface area contributed by atoms with Crippen molar-refractivity contribution in [1.29, 1.82) is 0 Å². The first-order valence-corrected chi connectivity index (χ1v) is 8.61. The Morgan fingerprint density at radius 1 is 1.36 bits per heavy atom. The molecule has 3 fully saturated rings. The van der Waals surface area contributed by atoms with E-state index in [1.807, 2.05) is 18.7 Å². The molecule has 5 nitrogen and oxygen atoms in total. The van der Waals surface area contributed by atoms with Gasteiger partial charge in [-0.15, -0.1) is 0 Å². The van der Waals surface area contributed by atoms with Gasteiger partial charge in [-0.1, -0.05) is 20.8 Å². The molecule has 0 aromatic rings. The number of rotatable bonds is 4. The SMILES string of the molecule is CC(C)C(=O)NC[C@@H]1CCC2(CN(C(=O)[C@@H]3C[C@H]3C)C2)OC1. The lowest BCUT2D eigenvalue weighted by Crippen LogP contribution is -2.66. The van der Waals surface area contributed by atoms with Crippen molar-refractivity contribution in [2.45, 2.75) is 45.6 Å². The molecule has 0 bridgehead atoms. The van der Waals surface area contributed by atoms with E-state index in [0.717, 1.165) is 32.4 Å². The number of amides is 2. The maximum Gasteiger partial charge on any atom is 0.226 e. The number of carbonyl (C=O) groups is 2. The highest BCUT2D eigenvalue weighted by atomic mass is 16.5. The maximum atomic E-state index is 12.2. The minimum absolute atomic E-state index is 0.0341. The van der Waals surface area contributed by atoms with Gasteiger partial charge >= 0.3 is 0 Å². The van der Waals surface area contributed by atoms with Crippen LogP contribution in [0.15, 0.2) is 0 Å². The average molecular weight is 308 g/mol. The van der Waals surface area contributed by atoms with E-state index in [1.165, 1.54) is 0 Å². The van der Waals surface area contributed by atoms with E-state index in [0.29, 0.717) is 30.9 Å². The molecule has 2 aliphatic heterocycles. The zero-order chi connectivity index (χ0) is 15.9. The van der Waals surface area contributed by atoms with Crippen LogP contribution in [-0.4, -0.2) is 48.6 Å². The van der Waals surface area contributed by atoms with E-state index in [-0.39, 0.29) is 23.3 Å². The van der Waals surface area contributed by atoms with Gasteiger partial charge in [0.15, 0.2) is 0 Å². The van der Waals surface area contributed by atoms with E-state index in [9.17, 15) is 9.59 Å². The summed E-state index contributed by atoms with van der Waals surface area (Å²) in [6.45, 7) is 8.88. The van der Waals surface area contributed by atoms with E-state index in [4.69, 9.17) is 4.74 Å². The fraction of sp³-hybridized carbons (Fsp3) is 0.882. The van der Waals surface area contributed by atoms with Crippen molar-refractivity contribution in [3.05, 3.63) is 0 Å². The number of hydrogen-bond acceptors (Lipinski definition) is 3. The summed E-state index contributed by atoms with van der Waals surface area (Å²) in [6, 6.07) is 0. The summed E-state index contributed by atoms with van der Waals surface area (Å²) in [4.78, 5) is 25.7. The molecule has 3 aliphatic rings. The Morgan fingerprint density at radius 2 is 2.05 bits per heavy atom. The number of nitrogens with one attached hydrogen (secondary N) is 1. The van der Waals surface area contributed by atoms with Crippen LogP contribution in [0.5, 0.6) is 0 Å². The molecule has 2 heterocycles. The first kappa shape index (κ1) is 15.8. The van der Waals surface area contributed by atoms with E-state index in [2.05, 4.69) is 12.2 Å². The van der Waals surface area contributed by atoms with Crippen LogP contribution in [0.25, 0.3) is 0 Å². The lowest BCUT2D eigenvalue weighted by atomic mass is 9.82. The third kappa shape index (κ3) is 3.14. The molecule has 1 saturated carbocycles. The zero-order valence-corrected chi connectivity index (χ0v) is 13.9. The summed E-state index contributed by atoms with van der Waals surface area (Å²) in [6.07, 6.45) is 3.13. The molecule has 2 amide bonds. The van der Waals surface area contributed by atoms with Gasteiger partial charge in [0.05, 0.1) is 19.7 Å². The van der Waals surface area contributed by atoms with Crippen LogP contribution in [0.2, 0.25) is 0 Å². The number of likely N-dealkylation sites (tertiary alicyclic amines) is 1. The summed E-state index contributed by atoms with van der Waals surface area (Å²) < 4.78 is 6.07. The molecule has 0 aromatic carbocycles. The normalized spacial score (nSPS) is 32.7. The second-order valence-electron chi connectivity index (χ2n) is 7.81. The van der Waals surface area contributed by atoms with Crippen molar-refractivity contribution < 1.29 is 14.3 Å². The molecule has 1 aliphatic carbocycles. The van der Waals surface area contributed by atoms with Gasteiger partial charge < -0.3 is 15.0 Å². The summed E-state index contributed by atoms with van der Waals surface area (Å²) in [7, 11) is 0. The Bertz CT molecular complexity index is 447. The van der Waals surface area contributed by atoms with Crippen molar-refractivity contribution in [3.63, 3.8) is 0 Å². The van der Waals surface area contributed by atoms with Gasteiger partial charge in [-0.3, -0.25) is 9.59 Å². The largest absolute Gasteiger partial charge is 0.371 e. The van der Waals surface area contributed by atoms with Crippen LogP contribution in [0.1, 0.15) is 40.0 Å². The first-order valence-electron chi connectivity index (χ1n) is 8.61. The van der Waals surface area contributed by atoms with Crippen molar-refractivity contribution >= 4 is 11.8 Å². The molecule has 1 N–H and O–H groups in total. The zero-order valence-electron chi connectivity index (χ0n) is 13.9. The van der Waals surface area contributed by atoms with Crippen LogP contribution < -0.4 is 5.32 Å².